The van der Waals surface area contributed by atoms with E-state index in [9.17, 15) is 8.78 Å². The summed E-state index contributed by atoms with van der Waals surface area (Å²) >= 11 is 0. The van der Waals surface area contributed by atoms with E-state index in [0.29, 0.717) is 17.0 Å². The molecule has 5 heteroatoms. The maximum absolute atomic E-state index is 13.0. The zero-order chi connectivity index (χ0) is 11.5. The maximum atomic E-state index is 13.0. The SMILES string of the molecule is NCc1nccnc1-c1ccc(F)c(F)c1. The Kier molecular flexibility index (Phi) is 2.87. The van der Waals surface area contributed by atoms with Gasteiger partial charge in [0.15, 0.2) is 11.6 Å². The van der Waals surface area contributed by atoms with Gasteiger partial charge in [0.2, 0.25) is 0 Å². The molecular weight excluding hydrogens is 212 g/mol. The molecule has 0 radical (unpaired) electrons. The van der Waals surface area contributed by atoms with Gasteiger partial charge in [0.25, 0.3) is 0 Å². The molecule has 0 aliphatic carbocycles. The van der Waals surface area contributed by atoms with Crippen molar-refractivity contribution in [3.63, 3.8) is 0 Å². The Morgan fingerprint density at radius 1 is 1.06 bits per heavy atom. The van der Waals surface area contributed by atoms with Crippen LogP contribution in [0.3, 0.4) is 0 Å². The number of benzene rings is 1. The minimum atomic E-state index is -0.911. The molecule has 2 aromatic rings. The molecule has 0 bridgehead atoms. The first-order valence-corrected chi connectivity index (χ1v) is 4.67. The van der Waals surface area contributed by atoms with Gasteiger partial charge in [0.05, 0.1) is 11.4 Å². The zero-order valence-electron chi connectivity index (χ0n) is 8.32. The number of hydrogen-bond acceptors (Lipinski definition) is 3. The summed E-state index contributed by atoms with van der Waals surface area (Å²) in [5.74, 6) is -1.80. The van der Waals surface area contributed by atoms with Crippen LogP contribution in [0.5, 0.6) is 0 Å². The highest BCUT2D eigenvalue weighted by Gasteiger charge is 2.09. The van der Waals surface area contributed by atoms with Crippen molar-refractivity contribution in [3.05, 3.63) is 47.9 Å². The Labute approximate surface area is 91.0 Å². The Balaban J connectivity index is 2.54. The fourth-order valence-electron chi connectivity index (χ4n) is 1.40. The number of nitrogens with zero attached hydrogens (tertiary/aromatic N) is 2. The monoisotopic (exact) mass is 221 g/mol. The largest absolute Gasteiger partial charge is 0.325 e. The minimum Gasteiger partial charge on any atom is -0.325 e. The highest BCUT2D eigenvalue weighted by atomic mass is 19.2. The van der Waals surface area contributed by atoms with Crippen molar-refractivity contribution >= 4 is 0 Å². The summed E-state index contributed by atoms with van der Waals surface area (Å²) in [5.41, 5.74) is 6.98. The molecule has 2 rings (SSSR count). The van der Waals surface area contributed by atoms with Gasteiger partial charge in [0, 0.05) is 24.5 Å². The topological polar surface area (TPSA) is 51.8 Å². The lowest BCUT2D eigenvalue weighted by atomic mass is 10.1. The van der Waals surface area contributed by atoms with Gasteiger partial charge < -0.3 is 5.73 Å². The summed E-state index contributed by atoms with van der Waals surface area (Å²) in [6.07, 6.45) is 2.99. The molecule has 0 aliphatic heterocycles. The smallest absolute Gasteiger partial charge is 0.159 e. The fraction of sp³-hybridized carbons (Fsp3) is 0.0909. The number of rotatable bonds is 2. The van der Waals surface area contributed by atoms with E-state index in [1.54, 1.807) is 0 Å². The molecule has 0 amide bonds. The van der Waals surface area contributed by atoms with Crippen LogP contribution in [-0.2, 0) is 6.54 Å². The predicted octanol–water partition coefficient (Wildman–Crippen LogP) is 1.88. The highest BCUT2D eigenvalue weighted by molar-refractivity contribution is 5.61. The van der Waals surface area contributed by atoms with Crippen LogP contribution in [0.15, 0.2) is 30.6 Å². The normalized spacial score (nSPS) is 10.4. The Morgan fingerprint density at radius 3 is 2.50 bits per heavy atom. The molecule has 0 spiro atoms. The second-order valence-electron chi connectivity index (χ2n) is 3.18. The summed E-state index contributed by atoms with van der Waals surface area (Å²) in [5, 5.41) is 0. The molecule has 16 heavy (non-hydrogen) atoms. The van der Waals surface area contributed by atoms with Crippen molar-refractivity contribution in [2.45, 2.75) is 6.54 Å². The third kappa shape index (κ3) is 1.90. The van der Waals surface area contributed by atoms with Crippen molar-refractivity contribution in [1.29, 1.82) is 0 Å². The van der Waals surface area contributed by atoms with Crippen molar-refractivity contribution < 1.29 is 8.78 Å². The minimum absolute atomic E-state index is 0.197. The summed E-state index contributed by atoms with van der Waals surface area (Å²) in [4.78, 5) is 8.08. The van der Waals surface area contributed by atoms with Crippen LogP contribution in [0, 0.1) is 11.6 Å². The Morgan fingerprint density at radius 2 is 1.81 bits per heavy atom. The Hall–Kier alpha value is -1.88. The lowest BCUT2D eigenvalue weighted by Gasteiger charge is -2.05. The number of nitrogens with two attached hydrogens (primary N) is 1. The summed E-state index contributed by atoms with van der Waals surface area (Å²) in [6.45, 7) is 0.197. The van der Waals surface area contributed by atoms with Gasteiger partial charge in [0.1, 0.15) is 0 Å². The molecule has 1 aromatic heterocycles. The Bertz CT molecular complexity index is 514. The van der Waals surface area contributed by atoms with E-state index in [0.717, 1.165) is 12.1 Å². The lowest BCUT2D eigenvalue weighted by molar-refractivity contribution is 0.509. The predicted molar refractivity (Wildman–Crippen MR) is 55.3 cm³/mol. The first-order valence-electron chi connectivity index (χ1n) is 4.67. The third-order valence-corrected chi connectivity index (χ3v) is 2.16. The summed E-state index contributed by atoms with van der Waals surface area (Å²) < 4.78 is 25.8. The van der Waals surface area contributed by atoms with Gasteiger partial charge in [-0.15, -0.1) is 0 Å². The third-order valence-electron chi connectivity index (χ3n) is 2.16. The van der Waals surface area contributed by atoms with Crippen molar-refractivity contribution in [3.8, 4) is 11.3 Å². The molecule has 1 aromatic carbocycles. The van der Waals surface area contributed by atoms with Crippen molar-refractivity contribution in [2.75, 3.05) is 0 Å². The van der Waals surface area contributed by atoms with Gasteiger partial charge >= 0.3 is 0 Å². The average molecular weight is 221 g/mol. The molecule has 2 N–H and O–H groups in total. The molecule has 3 nitrogen and oxygen atoms in total. The first kappa shape index (κ1) is 10.6. The molecule has 0 saturated carbocycles. The van der Waals surface area contributed by atoms with Crippen LogP contribution >= 0.6 is 0 Å². The van der Waals surface area contributed by atoms with Gasteiger partial charge in [-0.2, -0.15) is 0 Å². The van der Waals surface area contributed by atoms with Crippen LogP contribution in [-0.4, -0.2) is 9.97 Å². The summed E-state index contributed by atoms with van der Waals surface area (Å²) in [6, 6.07) is 3.58. The first-order chi connectivity index (χ1) is 7.72. The van der Waals surface area contributed by atoms with E-state index in [-0.39, 0.29) is 6.54 Å². The average Bonchev–Trinajstić information content (AvgIpc) is 2.32. The van der Waals surface area contributed by atoms with Crippen LogP contribution in [0.2, 0.25) is 0 Å². The molecular formula is C11H9F2N3. The number of halogens is 2. The summed E-state index contributed by atoms with van der Waals surface area (Å²) in [7, 11) is 0. The van der Waals surface area contributed by atoms with Gasteiger partial charge in [-0.1, -0.05) is 0 Å². The second kappa shape index (κ2) is 4.32. The van der Waals surface area contributed by atoms with Gasteiger partial charge in [-0.25, -0.2) is 8.78 Å². The van der Waals surface area contributed by atoms with Crippen LogP contribution < -0.4 is 5.73 Å². The molecule has 0 fully saturated rings. The zero-order valence-corrected chi connectivity index (χ0v) is 8.32. The molecule has 0 saturated heterocycles. The molecule has 0 unspecified atom stereocenters. The number of hydrogen-bond donors (Lipinski definition) is 1. The van der Waals surface area contributed by atoms with Gasteiger partial charge in [-0.3, -0.25) is 9.97 Å². The molecule has 82 valence electrons. The van der Waals surface area contributed by atoms with Crippen LogP contribution in [0.25, 0.3) is 11.3 Å². The second-order valence-corrected chi connectivity index (χ2v) is 3.18. The standard InChI is InChI=1S/C11H9F2N3/c12-8-2-1-7(5-9(8)13)11-10(6-14)15-3-4-16-11/h1-5H,6,14H2. The van der Waals surface area contributed by atoms with E-state index >= 15 is 0 Å². The van der Waals surface area contributed by atoms with Crippen LogP contribution in [0.1, 0.15) is 5.69 Å². The quantitative estimate of drug-likeness (QED) is 0.842. The maximum Gasteiger partial charge on any atom is 0.159 e. The van der Waals surface area contributed by atoms with E-state index in [1.165, 1.54) is 18.5 Å². The van der Waals surface area contributed by atoms with E-state index in [4.69, 9.17) is 5.73 Å². The lowest BCUT2D eigenvalue weighted by Crippen LogP contribution is -2.03. The van der Waals surface area contributed by atoms with E-state index in [1.807, 2.05) is 0 Å². The van der Waals surface area contributed by atoms with Crippen molar-refractivity contribution in [2.24, 2.45) is 5.73 Å². The van der Waals surface area contributed by atoms with E-state index in [2.05, 4.69) is 9.97 Å². The molecule has 0 aliphatic rings. The van der Waals surface area contributed by atoms with Crippen molar-refractivity contribution in [1.82, 2.24) is 9.97 Å². The number of aromatic nitrogens is 2. The molecule has 0 atom stereocenters. The van der Waals surface area contributed by atoms with E-state index < -0.39 is 11.6 Å². The van der Waals surface area contributed by atoms with Gasteiger partial charge in [-0.05, 0) is 18.2 Å². The fourth-order valence-corrected chi connectivity index (χ4v) is 1.40. The highest BCUT2D eigenvalue weighted by Crippen LogP contribution is 2.21. The van der Waals surface area contributed by atoms with Crippen LogP contribution in [0.4, 0.5) is 8.78 Å². The molecule has 1 heterocycles.